The second-order valence-electron chi connectivity index (χ2n) is 3.63. The van der Waals surface area contributed by atoms with Crippen LogP contribution in [0, 0.1) is 11.6 Å². The Kier molecular flexibility index (Phi) is 5.13. The highest BCUT2D eigenvalue weighted by Crippen LogP contribution is 2.39. The number of halogens is 5. The largest absolute Gasteiger partial charge is 0.271 e. The van der Waals surface area contributed by atoms with Crippen LogP contribution in [0.4, 0.5) is 8.78 Å². The lowest BCUT2D eigenvalue weighted by Crippen LogP contribution is -2.29. The van der Waals surface area contributed by atoms with Crippen molar-refractivity contribution >= 4 is 59.1 Å². The molecular weight excluding hydrogens is 470 g/mol. The summed E-state index contributed by atoms with van der Waals surface area (Å²) in [6.45, 7) is 0. The van der Waals surface area contributed by atoms with Crippen molar-refractivity contribution in [2.45, 2.75) is 6.04 Å². The summed E-state index contributed by atoms with van der Waals surface area (Å²) in [4.78, 5) is 0.692. The molecule has 0 aliphatic heterocycles. The van der Waals surface area contributed by atoms with E-state index in [2.05, 4.69) is 53.2 Å². The fraction of sp³-hybridized carbons (Fsp3) is 0.0909. The molecule has 0 bridgehead atoms. The van der Waals surface area contributed by atoms with Gasteiger partial charge in [0.15, 0.2) is 0 Å². The van der Waals surface area contributed by atoms with E-state index in [-0.39, 0.29) is 10.0 Å². The molecule has 19 heavy (non-hydrogen) atoms. The van der Waals surface area contributed by atoms with Crippen molar-refractivity contribution in [1.29, 1.82) is 0 Å². The van der Waals surface area contributed by atoms with Crippen molar-refractivity contribution in [2.75, 3.05) is 0 Å². The summed E-state index contributed by atoms with van der Waals surface area (Å²) in [5, 5.41) is 0. The first-order valence-corrected chi connectivity index (χ1v) is 8.19. The van der Waals surface area contributed by atoms with Crippen LogP contribution in [0.5, 0.6) is 0 Å². The van der Waals surface area contributed by atoms with E-state index < -0.39 is 17.7 Å². The van der Waals surface area contributed by atoms with E-state index >= 15 is 0 Å². The first-order chi connectivity index (χ1) is 8.95. The molecule has 2 nitrogen and oxygen atoms in total. The molecule has 1 aromatic heterocycles. The minimum absolute atomic E-state index is 0.113. The number of hydrazine groups is 1. The van der Waals surface area contributed by atoms with Crippen LogP contribution in [-0.2, 0) is 0 Å². The maximum Gasteiger partial charge on any atom is 0.145 e. The Bertz CT molecular complexity index is 599. The standard InChI is InChI=1S/C11H7Br3F2N2S/c12-4-1-2-6(15)8(9(4)16)10(18-17)7-3-5(13)11(14)19-7/h1-3,10,18H,17H2. The van der Waals surface area contributed by atoms with Gasteiger partial charge in [0.2, 0.25) is 0 Å². The number of rotatable bonds is 3. The van der Waals surface area contributed by atoms with Gasteiger partial charge in [0, 0.05) is 14.9 Å². The van der Waals surface area contributed by atoms with E-state index in [1.807, 2.05) is 0 Å². The van der Waals surface area contributed by atoms with Crippen LogP contribution in [0.25, 0.3) is 0 Å². The van der Waals surface area contributed by atoms with Crippen LogP contribution >= 0.6 is 59.1 Å². The number of hydrogen-bond acceptors (Lipinski definition) is 3. The topological polar surface area (TPSA) is 38.0 Å². The summed E-state index contributed by atoms with van der Waals surface area (Å²) >= 11 is 11.1. The lowest BCUT2D eigenvalue weighted by atomic mass is 10.0. The third kappa shape index (κ3) is 3.08. The first-order valence-electron chi connectivity index (χ1n) is 5.00. The molecule has 3 N–H and O–H groups in total. The zero-order chi connectivity index (χ0) is 14.2. The second kappa shape index (κ2) is 6.28. The van der Waals surface area contributed by atoms with Crippen molar-refractivity contribution < 1.29 is 8.78 Å². The molecular formula is C11H7Br3F2N2S. The summed E-state index contributed by atoms with van der Waals surface area (Å²) in [5.41, 5.74) is 2.34. The maximum atomic E-state index is 14.1. The Balaban J connectivity index is 2.57. The molecule has 0 aliphatic carbocycles. The van der Waals surface area contributed by atoms with Gasteiger partial charge in [-0.3, -0.25) is 5.84 Å². The van der Waals surface area contributed by atoms with Crippen molar-refractivity contribution in [3.8, 4) is 0 Å². The SMILES string of the molecule is NNC(c1cc(Br)c(Br)s1)c1c(F)ccc(Br)c1F. The fourth-order valence-corrected chi connectivity index (χ4v) is 4.13. The molecule has 8 heteroatoms. The minimum atomic E-state index is -0.759. The molecule has 1 aromatic carbocycles. The second-order valence-corrected chi connectivity index (χ2v) is 7.74. The van der Waals surface area contributed by atoms with Gasteiger partial charge in [-0.05, 0) is 66.0 Å². The van der Waals surface area contributed by atoms with Gasteiger partial charge in [0.1, 0.15) is 11.6 Å². The van der Waals surface area contributed by atoms with Gasteiger partial charge >= 0.3 is 0 Å². The normalized spacial score (nSPS) is 12.7. The number of nitrogens with one attached hydrogen (secondary N) is 1. The highest BCUT2D eigenvalue weighted by Gasteiger charge is 2.24. The van der Waals surface area contributed by atoms with E-state index in [0.717, 1.165) is 8.26 Å². The van der Waals surface area contributed by atoms with Gasteiger partial charge in [0.05, 0.1) is 14.3 Å². The van der Waals surface area contributed by atoms with Gasteiger partial charge in [0.25, 0.3) is 0 Å². The lowest BCUT2D eigenvalue weighted by molar-refractivity contribution is 0.510. The van der Waals surface area contributed by atoms with Gasteiger partial charge < -0.3 is 0 Å². The Morgan fingerprint density at radius 2 is 1.84 bits per heavy atom. The first kappa shape index (κ1) is 15.5. The van der Waals surface area contributed by atoms with E-state index in [9.17, 15) is 8.78 Å². The molecule has 0 amide bonds. The smallest absolute Gasteiger partial charge is 0.145 e. The summed E-state index contributed by atoms with van der Waals surface area (Å²) in [6, 6.07) is 3.52. The zero-order valence-corrected chi connectivity index (χ0v) is 14.8. The van der Waals surface area contributed by atoms with Crippen LogP contribution in [0.15, 0.2) is 30.9 Å². The van der Waals surface area contributed by atoms with Crippen LogP contribution in [0.1, 0.15) is 16.5 Å². The average molecular weight is 477 g/mol. The van der Waals surface area contributed by atoms with Gasteiger partial charge in [-0.25, -0.2) is 14.2 Å². The minimum Gasteiger partial charge on any atom is -0.271 e. The van der Waals surface area contributed by atoms with Crippen LogP contribution in [0.2, 0.25) is 0 Å². The Morgan fingerprint density at radius 1 is 1.16 bits per heavy atom. The summed E-state index contributed by atoms with van der Waals surface area (Å²) in [5.74, 6) is 4.15. The third-order valence-electron chi connectivity index (χ3n) is 2.48. The third-order valence-corrected chi connectivity index (χ3v) is 6.42. The summed E-state index contributed by atoms with van der Waals surface area (Å²) in [7, 11) is 0. The van der Waals surface area contributed by atoms with Crippen LogP contribution < -0.4 is 11.3 Å². The number of thiophene rings is 1. The Morgan fingerprint density at radius 3 is 2.37 bits per heavy atom. The molecule has 2 rings (SSSR count). The van der Waals surface area contributed by atoms with Gasteiger partial charge in [-0.2, -0.15) is 0 Å². The molecule has 0 spiro atoms. The molecule has 1 heterocycles. The highest BCUT2D eigenvalue weighted by molar-refractivity contribution is 9.13. The monoisotopic (exact) mass is 474 g/mol. The fourth-order valence-electron chi connectivity index (χ4n) is 1.62. The zero-order valence-electron chi connectivity index (χ0n) is 9.18. The summed E-state index contributed by atoms with van der Waals surface area (Å²) < 4.78 is 29.8. The number of benzene rings is 1. The van der Waals surface area contributed by atoms with E-state index in [1.165, 1.54) is 23.5 Å². The lowest BCUT2D eigenvalue weighted by Gasteiger charge is -2.17. The molecule has 0 aliphatic rings. The molecule has 2 aromatic rings. The van der Waals surface area contributed by atoms with Crippen molar-refractivity contribution in [3.05, 3.63) is 53.0 Å². The average Bonchev–Trinajstić information content (AvgIpc) is 2.70. The van der Waals surface area contributed by atoms with E-state index in [0.29, 0.717) is 4.88 Å². The molecule has 0 saturated carbocycles. The van der Waals surface area contributed by atoms with E-state index in [4.69, 9.17) is 5.84 Å². The van der Waals surface area contributed by atoms with Gasteiger partial charge in [-0.1, -0.05) is 0 Å². The number of hydrogen-bond donors (Lipinski definition) is 2. The van der Waals surface area contributed by atoms with Crippen molar-refractivity contribution in [3.63, 3.8) is 0 Å². The molecule has 0 fully saturated rings. The predicted molar refractivity (Wildman–Crippen MR) is 82.9 cm³/mol. The molecule has 1 unspecified atom stereocenters. The Hall–Kier alpha value is 0.140. The summed E-state index contributed by atoms with van der Waals surface area (Å²) in [6.07, 6.45) is 0. The predicted octanol–water partition coefficient (Wildman–Crippen LogP) is 4.87. The molecule has 1 atom stereocenters. The maximum absolute atomic E-state index is 14.1. The number of nitrogens with two attached hydrogens (primary N) is 1. The van der Waals surface area contributed by atoms with Crippen molar-refractivity contribution in [2.24, 2.45) is 5.84 Å². The molecule has 102 valence electrons. The van der Waals surface area contributed by atoms with Crippen molar-refractivity contribution in [1.82, 2.24) is 5.43 Å². The van der Waals surface area contributed by atoms with Gasteiger partial charge in [-0.15, -0.1) is 11.3 Å². The molecule has 0 saturated heterocycles. The molecule has 0 radical (unpaired) electrons. The quantitative estimate of drug-likeness (QED) is 0.377. The Labute approximate surface area is 137 Å². The van der Waals surface area contributed by atoms with Crippen LogP contribution in [0.3, 0.4) is 0 Å². The highest BCUT2D eigenvalue weighted by atomic mass is 79.9. The van der Waals surface area contributed by atoms with Crippen LogP contribution in [-0.4, -0.2) is 0 Å². The van der Waals surface area contributed by atoms with E-state index in [1.54, 1.807) is 6.07 Å².